The third-order valence-corrected chi connectivity index (χ3v) is 3.56. The Bertz CT molecular complexity index is 523. The van der Waals surface area contributed by atoms with Crippen molar-refractivity contribution in [2.45, 2.75) is 13.0 Å². The van der Waals surface area contributed by atoms with Gasteiger partial charge in [-0.15, -0.1) is 0 Å². The highest BCUT2D eigenvalue weighted by Crippen LogP contribution is 2.20. The number of rotatable bonds is 5. The topological polar surface area (TPSA) is 83.9 Å². The fraction of sp³-hybridized carbons (Fsp3) is 0.364. The number of aliphatic carboxylic acids is 1. The molecule has 0 aromatic heterocycles. The van der Waals surface area contributed by atoms with Crippen molar-refractivity contribution in [3.05, 3.63) is 24.3 Å². The Morgan fingerprint density at radius 2 is 1.83 bits per heavy atom. The number of carboxylic acid groups (broad SMARTS) is 1. The summed E-state index contributed by atoms with van der Waals surface area (Å²) in [7, 11) is -1.87. The third kappa shape index (κ3) is 3.63. The van der Waals surface area contributed by atoms with Crippen molar-refractivity contribution in [1.82, 2.24) is 0 Å². The average molecular weight is 273 g/mol. The van der Waals surface area contributed by atoms with Gasteiger partial charge in [-0.2, -0.15) is 0 Å². The summed E-state index contributed by atoms with van der Waals surface area (Å²) in [4.78, 5) is 10.6. The van der Waals surface area contributed by atoms with E-state index in [2.05, 4.69) is 0 Å². The second-order valence-corrected chi connectivity index (χ2v) is 5.84. The van der Waals surface area contributed by atoms with Crippen LogP contribution in [0.5, 0.6) is 5.75 Å². The summed E-state index contributed by atoms with van der Waals surface area (Å²) in [5.41, 5.74) is 0.479. The largest absolute Gasteiger partial charge is 0.479 e. The maximum absolute atomic E-state index is 11.3. The molecule has 100 valence electrons. The lowest BCUT2D eigenvalue weighted by Gasteiger charge is -2.17. The van der Waals surface area contributed by atoms with E-state index in [-0.39, 0.29) is 0 Å². The number of nitrogens with zero attached hydrogens (tertiary/aromatic N) is 1. The summed E-state index contributed by atoms with van der Waals surface area (Å²) in [5, 5.41) is 8.68. The van der Waals surface area contributed by atoms with Crippen molar-refractivity contribution in [2.24, 2.45) is 0 Å². The molecular weight excluding hydrogens is 258 g/mol. The first-order chi connectivity index (χ1) is 8.21. The first kappa shape index (κ1) is 14.3. The fourth-order valence-electron chi connectivity index (χ4n) is 1.18. The third-order valence-electron chi connectivity index (χ3n) is 2.36. The van der Waals surface area contributed by atoms with Crippen molar-refractivity contribution in [1.29, 1.82) is 0 Å². The van der Waals surface area contributed by atoms with Crippen LogP contribution in [0.3, 0.4) is 0 Å². The highest BCUT2D eigenvalue weighted by molar-refractivity contribution is 7.92. The van der Waals surface area contributed by atoms with Crippen molar-refractivity contribution in [3.8, 4) is 5.75 Å². The van der Waals surface area contributed by atoms with Crippen LogP contribution in [-0.4, -0.2) is 38.9 Å². The van der Waals surface area contributed by atoms with E-state index in [0.29, 0.717) is 11.4 Å². The predicted octanol–water partition coefficient (Wildman–Crippen LogP) is 0.934. The van der Waals surface area contributed by atoms with Crippen LogP contribution >= 0.6 is 0 Å². The van der Waals surface area contributed by atoms with E-state index in [1.807, 2.05) is 0 Å². The zero-order chi connectivity index (χ0) is 13.9. The van der Waals surface area contributed by atoms with Crippen molar-refractivity contribution < 1.29 is 23.1 Å². The average Bonchev–Trinajstić information content (AvgIpc) is 2.27. The van der Waals surface area contributed by atoms with Crippen LogP contribution in [0, 0.1) is 0 Å². The van der Waals surface area contributed by atoms with Crippen LogP contribution in [0.1, 0.15) is 6.92 Å². The summed E-state index contributed by atoms with van der Waals surface area (Å²) in [5.74, 6) is -0.692. The van der Waals surface area contributed by atoms with Gasteiger partial charge in [0.1, 0.15) is 5.75 Å². The van der Waals surface area contributed by atoms with Crippen molar-refractivity contribution >= 4 is 21.7 Å². The van der Waals surface area contributed by atoms with Crippen molar-refractivity contribution in [3.63, 3.8) is 0 Å². The first-order valence-corrected chi connectivity index (χ1v) is 7.00. The summed E-state index contributed by atoms with van der Waals surface area (Å²) in [6.07, 6.45) is 0.146. The van der Waals surface area contributed by atoms with Gasteiger partial charge in [-0.05, 0) is 31.2 Å². The van der Waals surface area contributed by atoms with E-state index in [1.54, 1.807) is 12.1 Å². The molecule has 1 N–H and O–H groups in total. The zero-order valence-corrected chi connectivity index (χ0v) is 11.1. The summed E-state index contributed by atoms with van der Waals surface area (Å²) < 4.78 is 28.9. The monoisotopic (exact) mass is 273 g/mol. The second kappa shape index (κ2) is 5.26. The van der Waals surface area contributed by atoms with Crippen molar-refractivity contribution in [2.75, 3.05) is 17.6 Å². The Hall–Kier alpha value is -1.76. The number of benzene rings is 1. The van der Waals surface area contributed by atoms with Gasteiger partial charge in [0.25, 0.3) is 0 Å². The van der Waals surface area contributed by atoms with E-state index in [1.165, 1.54) is 26.1 Å². The van der Waals surface area contributed by atoms with Crippen LogP contribution in [-0.2, 0) is 14.8 Å². The molecule has 0 aliphatic heterocycles. The Labute approximate surface area is 106 Å². The minimum atomic E-state index is -3.31. The van der Waals surface area contributed by atoms with E-state index in [9.17, 15) is 13.2 Å². The molecule has 0 spiro atoms. The quantitative estimate of drug-likeness (QED) is 0.863. The van der Waals surface area contributed by atoms with Crippen LogP contribution in [0.4, 0.5) is 5.69 Å². The summed E-state index contributed by atoms with van der Waals surface area (Å²) in [6.45, 7) is 1.42. The number of ether oxygens (including phenoxy) is 1. The molecule has 0 bridgehead atoms. The van der Waals surface area contributed by atoms with Crippen LogP contribution in [0.25, 0.3) is 0 Å². The lowest BCUT2D eigenvalue weighted by atomic mass is 10.3. The van der Waals surface area contributed by atoms with Gasteiger partial charge >= 0.3 is 5.97 Å². The van der Waals surface area contributed by atoms with Gasteiger partial charge < -0.3 is 9.84 Å². The first-order valence-electron chi connectivity index (χ1n) is 5.15. The molecule has 6 nitrogen and oxygen atoms in total. The molecule has 0 aliphatic rings. The lowest BCUT2D eigenvalue weighted by Crippen LogP contribution is -2.25. The molecule has 1 aromatic carbocycles. The Morgan fingerprint density at radius 1 is 1.33 bits per heavy atom. The molecule has 7 heteroatoms. The molecule has 1 atom stereocenters. The minimum absolute atomic E-state index is 0.371. The van der Waals surface area contributed by atoms with Gasteiger partial charge in [-0.1, -0.05) is 0 Å². The number of sulfonamides is 1. The van der Waals surface area contributed by atoms with Gasteiger partial charge in [0.2, 0.25) is 10.0 Å². The normalized spacial score (nSPS) is 12.8. The number of anilines is 1. The van der Waals surface area contributed by atoms with Gasteiger partial charge in [-0.3, -0.25) is 4.31 Å². The van der Waals surface area contributed by atoms with Gasteiger partial charge in [-0.25, -0.2) is 13.2 Å². The van der Waals surface area contributed by atoms with Crippen LogP contribution in [0.2, 0.25) is 0 Å². The molecule has 0 heterocycles. The molecule has 0 amide bonds. The highest BCUT2D eigenvalue weighted by atomic mass is 32.2. The molecule has 18 heavy (non-hydrogen) atoms. The van der Waals surface area contributed by atoms with Gasteiger partial charge in [0, 0.05) is 7.05 Å². The highest BCUT2D eigenvalue weighted by Gasteiger charge is 2.14. The van der Waals surface area contributed by atoms with Gasteiger partial charge in [0.15, 0.2) is 6.10 Å². The number of carbonyl (C=O) groups is 1. The number of hydrogen-bond acceptors (Lipinski definition) is 4. The molecule has 1 rings (SSSR count). The van der Waals surface area contributed by atoms with E-state index < -0.39 is 22.1 Å². The maximum Gasteiger partial charge on any atom is 0.344 e. The van der Waals surface area contributed by atoms with E-state index in [0.717, 1.165) is 10.6 Å². The molecule has 1 aromatic rings. The molecule has 0 aliphatic carbocycles. The van der Waals surface area contributed by atoms with E-state index in [4.69, 9.17) is 9.84 Å². The molecule has 0 unspecified atom stereocenters. The second-order valence-electron chi connectivity index (χ2n) is 3.82. The Balaban J connectivity index is 2.84. The fourth-order valence-corrected chi connectivity index (χ4v) is 1.69. The van der Waals surface area contributed by atoms with E-state index >= 15 is 0 Å². The van der Waals surface area contributed by atoms with Crippen LogP contribution in [0.15, 0.2) is 24.3 Å². The van der Waals surface area contributed by atoms with Crippen LogP contribution < -0.4 is 9.04 Å². The zero-order valence-electron chi connectivity index (χ0n) is 10.3. The Kier molecular flexibility index (Phi) is 4.18. The molecule has 0 fully saturated rings. The number of carboxylic acids is 1. The molecule has 0 saturated carbocycles. The number of hydrogen-bond donors (Lipinski definition) is 1. The standard InChI is InChI=1S/C11H15NO5S/c1-8(11(13)14)17-10-6-4-9(5-7-10)12(2)18(3,15)16/h4-8H,1-3H3,(H,13,14)/t8-/m0/s1. The summed E-state index contributed by atoms with van der Waals surface area (Å²) in [6, 6.07) is 6.14. The lowest BCUT2D eigenvalue weighted by molar-refractivity contribution is -0.144. The predicted molar refractivity (Wildman–Crippen MR) is 67.4 cm³/mol. The minimum Gasteiger partial charge on any atom is -0.479 e. The molecule has 0 saturated heterocycles. The SMILES string of the molecule is C[C@H](Oc1ccc(N(C)S(C)(=O)=O)cc1)C(=O)O. The Morgan fingerprint density at radius 3 is 2.22 bits per heavy atom. The maximum atomic E-state index is 11.3. The molecule has 0 radical (unpaired) electrons. The smallest absolute Gasteiger partial charge is 0.344 e. The molecular formula is C11H15NO5S. The van der Waals surface area contributed by atoms with Gasteiger partial charge in [0.05, 0.1) is 11.9 Å². The summed E-state index contributed by atoms with van der Waals surface area (Å²) >= 11 is 0.